The minimum Gasteiger partial charge on any atom is -0.333 e. The zero-order valence-electron chi connectivity index (χ0n) is 11.9. The molecule has 3 rings (SSSR count). The number of amides is 1. The van der Waals surface area contributed by atoms with E-state index in [2.05, 4.69) is 5.32 Å². The van der Waals surface area contributed by atoms with Gasteiger partial charge in [0.25, 0.3) is 0 Å². The van der Waals surface area contributed by atoms with Crippen molar-refractivity contribution in [2.75, 3.05) is 19.6 Å². The molecule has 1 unspecified atom stereocenters. The summed E-state index contributed by atoms with van der Waals surface area (Å²) in [7, 11) is 0. The molecule has 1 aliphatic heterocycles. The number of halogens is 4. The van der Waals surface area contributed by atoms with Crippen molar-refractivity contribution in [3.63, 3.8) is 0 Å². The van der Waals surface area contributed by atoms with Crippen molar-refractivity contribution in [2.45, 2.75) is 24.8 Å². The molecule has 0 bridgehead atoms. The van der Waals surface area contributed by atoms with Crippen LogP contribution in [-0.4, -0.2) is 36.4 Å². The lowest BCUT2D eigenvalue weighted by atomic mass is 9.80. The maximum absolute atomic E-state index is 13.0. The Kier molecular flexibility index (Phi) is 5.30. The summed E-state index contributed by atoms with van der Waals surface area (Å²) in [5.74, 6) is -3.40. The third-order valence-electron chi connectivity index (χ3n) is 4.23. The van der Waals surface area contributed by atoms with Crippen LogP contribution in [0, 0.1) is 5.92 Å². The number of alkyl halides is 2. The van der Waals surface area contributed by atoms with E-state index in [0.717, 1.165) is 5.56 Å². The van der Waals surface area contributed by atoms with Gasteiger partial charge in [-0.1, -0.05) is 29.8 Å². The summed E-state index contributed by atoms with van der Waals surface area (Å²) in [6, 6.07) is 7.19. The van der Waals surface area contributed by atoms with Crippen molar-refractivity contribution in [1.82, 2.24) is 10.2 Å². The van der Waals surface area contributed by atoms with Crippen LogP contribution >= 0.6 is 24.0 Å². The standard InChI is InChI=1S/C15H17ClF2N2O.ClH/c16-12-4-2-1-3-11(12)13-9-19-5-6-20(13)14(21)10-7-15(17,18)8-10;/h1-4,10,13,19H,5-9H2;1H. The van der Waals surface area contributed by atoms with Gasteiger partial charge in [0.1, 0.15) is 0 Å². The highest BCUT2D eigenvalue weighted by Crippen LogP contribution is 2.44. The zero-order valence-corrected chi connectivity index (χ0v) is 13.5. The van der Waals surface area contributed by atoms with Crippen LogP contribution in [0.5, 0.6) is 0 Å². The third kappa shape index (κ3) is 3.36. The quantitative estimate of drug-likeness (QED) is 0.887. The fourth-order valence-corrected chi connectivity index (χ4v) is 3.32. The molecule has 1 N–H and O–H groups in total. The molecule has 1 aliphatic carbocycles. The van der Waals surface area contributed by atoms with Crippen LogP contribution < -0.4 is 5.32 Å². The van der Waals surface area contributed by atoms with E-state index in [1.807, 2.05) is 18.2 Å². The van der Waals surface area contributed by atoms with Gasteiger partial charge in [-0.05, 0) is 11.6 Å². The Morgan fingerprint density at radius 1 is 1.32 bits per heavy atom. The molecule has 1 heterocycles. The average molecular weight is 351 g/mol. The van der Waals surface area contributed by atoms with Gasteiger partial charge in [0.05, 0.1) is 6.04 Å². The van der Waals surface area contributed by atoms with Crippen LogP contribution in [0.3, 0.4) is 0 Å². The monoisotopic (exact) mass is 350 g/mol. The van der Waals surface area contributed by atoms with Gasteiger partial charge in [0.15, 0.2) is 0 Å². The molecule has 122 valence electrons. The average Bonchev–Trinajstić information content (AvgIpc) is 2.44. The normalized spacial score (nSPS) is 24.3. The fourth-order valence-electron chi connectivity index (χ4n) is 3.06. The van der Waals surface area contributed by atoms with Crippen molar-refractivity contribution in [1.29, 1.82) is 0 Å². The number of hydrogen-bond donors (Lipinski definition) is 1. The number of benzene rings is 1. The van der Waals surface area contributed by atoms with Crippen LogP contribution in [0.1, 0.15) is 24.4 Å². The summed E-state index contributed by atoms with van der Waals surface area (Å²) >= 11 is 6.21. The molecular formula is C15H18Cl2F2N2O. The second kappa shape index (κ2) is 6.69. The summed E-state index contributed by atoms with van der Waals surface area (Å²) in [4.78, 5) is 14.2. The van der Waals surface area contributed by atoms with Crippen LogP contribution in [0.25, 0.3) is 0 Å². The lowest BCUT2D eigenvalue weighted by molar-refractivity contribution is -0.162. The second-order valence-electron chi connectivity index (χ2n) is 5.73. The summed E-state index contributed by atoms with van der Waals surface area (Å²) in [5, 5.41) is 3.84. The summed E-state index contributed by atoms with van der Waals surface area (Å²) < 4.78 is 26.0. The van der Waals surface area contributed by atoms with Gasteiger partial charge in [-0.3, -0.25) is 4.79 Å². The number of carbonyl (C=O) groups is 1. The Morgan fingerprint density at radius 3 is 2.64 bits per heavy atom. The van der Waals surface area contributed by atoms with Gasteiger partial charge in [-0.2, -0.15) is 0 Å². The highest BCUT2D eigenvalue weighted by Gasteiger charge is 2.50. The number of nitrogens with one attached hydrogen (secondary N) is 1. The first kappa shape index (κ1) is 17.4. The van der Waals surface area contributed by atoms with Crippen LogP contribution in [0.15, 0.2) is 24.3 Å². The fraction of sp³-hybridized carbons (Fsp3) is 0.533. The van der Waals surface area contributed by atoms with Crippen molar-refractivity contribution < 1.29 is 13.6 Å². The molecule has 1 saturated carbocycles. The SMILES string of the molecule is Cl.O=C(C1CC(F)(F)C1)N1CCNCC1c1ccccc1Cl. The second-order valence-corrected chi connectivity index (χ2v) is 6.14. The summed E-state index contributed by atoms with van der Waals surface area (Å²) in [5.41, 5.74) is 0.866. The Morgan fingerprint density at radius 2 is 2.00 bits per heavy atom. The van der Waals surface area contributed by atoms with Gasteiger partial charge in [-0.25, -0.2) is 8.78 Å². The van der Waals surface area contributed by atoms with E-state index >= 15 is 0 Å². The van der Waals surface area contributed by atoms with Crippen molar-refractivity contribution in [2.24, 2.45) is 5.92 Å². The highest BCUT2D eigenvalue weighted by atomic mass is 35.5. The molecule has 0 aromatic heterocycles. The molecular weight excluding hydrogens is 333 g/mol. The molecule has 7 heteroatoms. The smallest absolute Gasteiger partial charge is 0.249 e. The van der Waals surface area contributed by atoms with Gasteiger partial charge in [0.2, 0.25) is 11.8 Å². The molecule has 3 nitrogen and oxygen atoms in total. The van der Waals surface area contributed by atoms with E-state index in [1.54, 1.807) is 11.0 Å². The predicted molar refractivity (Wildman–Crippen MR) is 83.7 cm³/mol. The number of nitrogens with zero attached hydrogens (tertiary/aromatic N) is 1. The maximum atomic E-state index is 13.0. The van der Waals surface area contributed by atoms with E-state index in [9.17, 15) is 13.6 Å². The molecule has 22 heavy (non-hydrogen) atoms. The van der Waals surface area contributed by atoms with Gasteiger partial charge < -0.3 is 10.2 Å². The largest absolute Gasteiger partial charge is 0.333 e. The van der Waals surface area contributed by atoms with E-state index in [-0.39, 0.29) is 37.2 Å². The maximum Gasteiger partial charge on any atom is 0.249 e. The molecule has 2 aliphatic rings. The van der Waals surface area contributed by atoms with E-state index in [0.29, 0.717) is 24.7 Å². The number of rotatable bonds is 2. The van der Waals surface area contributed by atoms with Crippen LogP contribution in [-0.2, 0) is 4.79 Å². The Balaban J connectivity index is 0.00000176. The first-order valence-corrected chi connectivity index (χ1v) is 7.49. The molecule has 1 saturated heterocycles. The Labute approximate surface area is 139 Å². The van der Waals surface area contributed by atoms with E-state index < -0.39 is 11.8 Å². The van der Waals surface area contributed by atoms with Crippen LogP contribution in [0.4, 0.5) is 8.78 Å². The topological polar surface area (TPSA) is 32.3 Å². The molecule has 1 amide bonds. The predicted octanol–water partition coefficient (Wildman–Crippen LogP) is 3.28. The minimum atomic E-state index is -2.67. The molecule has 1 atom stereocenters. The van der Waals surface area contributed by atoms with Gasteiger partial charge in [0, 0.05) is 43.4 Å². The zero-order chi connectivity index (χ0) is 15.0. The molecule has 1 aromatic carbocycles. The van der Waals surface area contributed by atoms with Crippen LogP contribution in [0.2, 0.25) is 5.02 Å². The molecule has 1 aromatic rings. The van der Waals surface area contributed by atoms with Crippen molar-refractivity contribution in [3.8, 4) is 0 Å². The summed E-state index contributed by atoms with van der Waals surface area (Å²) in [6.45, 7) is 1.80. The van der Waals surface area contributed by atoms with Crippen molar-refractivity contribution in [3.05, 3.63) is 34.9 Å². The van der Waals surface area contributed by atoms with Gasteiger partial charge >= 0.3 is 0 Å². The third-order valence-corrected chi connectivity index (χ3v) is 4.57. The van der Waals surface area contributed by atoms with E-state index in [4.69, 9.17) is 11.6 Å². The number of hydrogen-bond acceptors (Lipinski definition) is 2. The van der Waals surface area contributed by atoms with Crippen molar-refractivity contribution >= 4 is 29.9 Å². The lowest BCUT2D eigenvalue weighted by Gasteiger charge is -2.42. The Bertz CT molecular complexity index is 548. The van der Waals surface area contributed by atoms with E-state index in [1.165, 1.54) is 0 Å². The first-order chi connectivity index (χ1) is 9.98. The first-order valence-electron chi connectivity index (χ1n) is 7.11. The molecule has 0 radical (unpaired) electrons. The highest BCUT2D eigenvalue weighted by molar-refractivity contribution is 6.31. The number of carbonyl (C=O) groups excluding carboxylic acids is 1. The number of piperazine rings is 1. The Hall–Kier alpha value is -0.910. The van der Waals surface area contributed by atoms with Gasteiger partial charge in [-0.15, -0.1) is 12.4 Å². The minimum absolute atomic E-state index is 0. The molecule has 2 fully saturated rings. The molecule has 0 spiro atoms. The summed E-state index contributed by atoms with van der Waals surface area (Å²) in [6.07, 6.45) is -0.657. The lowest BCUT2D eigenvalue weighted by Crippen LogP contribution is -2.54.